The van der Waals surface area contributed by atoms with Crippen LogP contribution in [0.3, 0.4) is 0 Å². The molecule has 2 unspecified atom stereocenters. The van der Waals surface area contributed by atoms with E-state index in [0.29, 0.717) is 6.04 Å². The molecular weight excluding hydrogens is 319 g/mol. The molecule has 1 saturated heterocycles. The molecule has 0 aromatic heterocycles. The predicted molar refractivity (Wildman–Crippen MR) is 85.3 cm³/mol. The predicted octanol–water partition coefficient (Wildman–Crippen LogP) is 3.94. The molecule has 1 fully saturated rings. The number of nitrogens with one attached hydrogen (secondary N) is 1. The zero-order valence-electron chi connectivity index (χ0n) is 12.5. The Balaban J connectivity index is 2.16. The molecule has 0 bridgehead atoms. The lowest BCUT2D eigenvalue weighted by molar-refractivity contribution is 0.163. The van der Waals surface area contributed by atoms with Gasteiger partial charge in [-0.2, -0.15) is 0 Å². The quantitative estimate of drug-likeness (QED) is 0.894. The minimum absolute atomic E-state index is 0.164. The SMILES string of the molecule is CCC1(C)CN(Cc2ccc(F)cc2Br)C(C)CCN1. The van der Waals surface area contributed by atoms with Crippen molar-refractivity contribution in [2.45, 2.75) is 51.7 Å². The van der Waals surface area contributed by atoms with Gasteiger partial charge in [0.1, 0.15) is 5.82 Å². The summed E-state index contributed by atoms with van der Waals surface area (Å²) >= 11 is 3.48. The smallest absolute Gasteiger partial charge is 0.124 e. The van der Waals surface area contributed by atoms with Crippen LogP contribution in [0.25, 0.3) is 0 Å². The maximum absolute atomic E-state index is 13.2. The topological polar surface area (TPSA) is 15.3 Å². The van der Waals surface area contributed by atoms with E-state index in [0.717, 1.165) is 42.5 Å². The Kier molecular flexibility index (Phi) is 5.21. The maximum Gasteiger partial charge on any atom is 0.124 e. The first-order valence-electron chi connectivity index (χ1n) is 7.36. The molecule has 2 rings (SSSR count). The lowest BCUT2D eigenvalue weighted by Gasteiger charge is -2.35. The number of halogens is 2. The minimum Gasteiger partial charge on any atom is -0.310 e. The van der Waals surface area contributed by atoms with Gasteiger partial charge in [0.25, 0.3) is 0 Å². The van der Waals surface area contributed by atoms with E-state index < -0.39 is 0 Å². The van der Waals surface area contributed by atoms with Gasteiger partial charge in [-0.25, -0.2) is 4.39 Å². The first-order chi connectivity index (χ1) is 9.43. The van der Waals surface area contributed by atoms with Gasteiger partial charge in [0, 0.05) is 29.1 Å². The maximum atomic E-state index is 13.2. The number of nitrogens with zero attached hydrogens (tertiary/aromatic N) is 1. The van der Waals surface area contributed by atoms with E-state index in [4.69, 9.17) is 0 Å². The van der Waals surface area contributed by atoms with Gasteiger partial charge in [-0.15, -0.1) is 0 Å². The first-order valence-corrected chi connectivity index (χ1v) is 8.16. The first kappa shape index (κ1) is 15.9. The molecule has 1 aliphatic rings. The second kappa shape index (κ2) is 6.54. The lowest BCUT2D eigenvalue weighted by atomic mass is 9.98. The van der Waals surface area contributed by atoms with Gasteiger partial charge in [0.15, 0.2) is 0 Å². The van der Waals surface area contributed by atoms with Crippen molar-refractivity contribution < 1.29 is 4.39 Å². The fourth-order valence-electron chi connectivity index (χ4n) is 2.74. The molecule has 0 radical (unpaired) electrons. The Hall–Kier alpha value is -0.450. The molecular formula is C16H24BrFN2. The monoisotopic (exact) mass is 342 g/mol. The van der Waals surface area contributed by atoms with Gasteiger partial charge in [0.2, 0.25) is 0 Å². The molecule has 2 atom stereocenters. The van der Waals surface area contributed by atoms with Crippen molar-refractivity contribution in [3.63, 3.8) is 0 Å². The fraction of sp³-hybridized carbons (Fsp3) is 0.625. The molecule has 0 saturated carbocycles. The second-order valence-corrected chi connectivity index (χ2v) is 6.97. The van der Waals surface area contributed by atoms with Crippen molar-refractivity contribution in [2.75, 3.05) is 13.1 Å². The van der Waals surface area contributed by atoms with Crippen molar-refractivity contribution in [3.05, 3.63) is 34.1 Å². The van der Waals surface area contributed by atoms with Gasteiger partial charge in [-0.1, -0.05) is 28.9 Å². The Bertz CT molecular complexity index is 466. The molecule has 1 aromatic rings. The van der Waals surface area contributed by atoms with E-state index in [2.05, 4.69) is 46.9 Å². The molecule has 0 aliphatic carbocycles. The third kappa shape index (κ3) is 3.80. The standard InChI is InChI=1S/C16H24BrFN2/c1-4-16(3)11-20(12(2)7-8-19-16)10-13-5-6-14(18)9-15(13)17/h5-6,9,12,19H,4,7-8,10-11H2,1-3H3. The Morgan fingerprint density at radius 1 is 1.50 bits per heavy atom. The van der Waals surface area contributed by atoms with Crippen LogP contribution in [0.2, 0.25) is 0 Å². The Morgan fingerprint density at radius 3 is 2.90 bits per heavy atom. The van der Waals surface area contributed by atoms with Crippen LogP contribution in [0.5, 0.6) is 0 Å². The highest BCUT2D eigenvalue weighted by Crippen LogP contribution is 2.24. The average Bonchev–Trinajstić information content (AvgIpc) is 2.54. The van der Waals surface area contributed by atoms with E-state index in [9.17, 15) is 4.39 Å². The Labute approximate surface area is 129 Å². The van der Waals surface area contributed by atoms with Gasteiger partial charge in [0.05, 0.1) is 0 Å². The van der Waals surface area contributed by atoms with Crippen LogP contribution in [0.4, 0.5) is 4.39 Å². The lowest BCUT2D eigenvalue weighted by Crippen LogP contribution is -2.49. The summed E-state index contributed by atoms with van der Waals surface area (Å²) in [5.41, 5.74) is 1.32. The number of rotatable bonds is 3. The van der Waals surface area contributed by atoms with E-state index in [-0.39, 0.29) is 11.4 Å². The highest BCUT2D eigenvalue weighted by molar-refractivity contribution is 9.10. The molecule has 0 spiro atoms. The molecule has 0 amide bonds. The molecule has 2 nitrogen and oxygen atoms in total. The third-order valence-corrected chi connectivity index (χ3v) is 5.20. The largest absolute Gasteiger partial charge is 0.310 e. The van der Waals surface area contributed by atoms with Crippen LogP contribution in [-0.4, -0.2) is 29.6 Å². The molecule has 1 N–H and O–H groups in total. The van der Waals surface area contributed by atoms with E-state index in [1.165, 1.54) is 0 Å². The third-order valence-electron chi connectivity index (χ3n) is 4.46. The van der Waals surface area contributed by atoms with E-state index >= 15 is 0 Å². The van der Waals surface area contributed by atoms with Crippen LogP contribution in [0.15, 0.2) is 22.7 Å². The zero-order chi connectivity index (χ0) is 14.8. The van der Waals surface area contributed by atoms with E-state index in [1.807, 2.05) is 6.07 Å². The zero-order valence-corrected chi connectivity index (χ0v) is 14.1. The van der Waals surface area contributed by atoms with Crippen molar-refractivity contribution in [1.29, 1.82) is 0 Å². The van der Waals surface area contributed by atoms with Crippen LogP contribution in [0.1, 0.15) is 39.2 Å². The number of hydrogen-bond acceptors (Lipinski definition) is 2. The van der Waals surface area contributed by atoms with Crippen LogP contribution < -0.4 is 5.32 Å². The normalized spacial score (nSPS) is 28.4. The summed E-state index contributed by atoms with van der Waals surface area (Å²) in [6.45, 7) is 9.74. The molecule has 4 heteroatoms. The summed E-state index contributed by atoms with van der Waals surface area (Å²) in [5, 5.41) is 3.66. The Morgan fingerprint density at radius 2 is 2.25 bits per heavy atom. The van der Waals surface area contributed by atoms with Gasteiger partial charge in [-0.3, -0.25) is 4.90 Å². The van der Waals surface area contributed by atoms with Crippen molar-refractivity contribution in [1.82, 2.24) is 10.2 Å². The highest BCUT2D eigenvalue weighted by Gasteiger charge is 2.30. The van der Waals surface area contributed by atoms with Gasteiger partial charge >= 0.3 is 0 Å². The molecule has 1 heterocycles. The highest BCUT2D eigenvalue weighted by atomic mass is 79.9. The molecule has 1 aromatic carbocycles. The summed E-state index contributed by atoms with van der Waals surface area (Å²) in [6, 6.07) is 5.51. The van der Waals surface area contributed by atoms with Crippen molar-refractivity contribution in [2.24, 2.45) is 0 Å². The number of benzene rings is 1. The summed E-state index contributed by atoms with van der Waals surface area (Å²) < 4.78 is 14.1. The summed E-state index contributed by atoms with van der Waals surface area (Å²) in [7, 11) is 0. The number of hydrogen-bond donors (Lipinski definition) is 1. The van der Waals surface area contributed by atoms with Crippen molar-refractivity contribution in [3.8, 4) is 0 Å². The van der Waals surface area contributed by atoms with Crippen molar-refractivity contribution >= 4 is 15.9 Å². The van der Waals surface area contributed by atoms with Crippen LogP contribution >= 0.6 is 15.9 Å². The molecule has 1 aliphatic heterocycles. The van der Waals surface area contributed by atoms with E-state index in [1.54, 1.807) is 12.1 Å². The molecule has 20 heavy (non-hydrogen) atoms. The van der Waals surface area contributed by atoms with Gasteiger partial charge < -0.3 is 5.32 Å². The summed E-state index contributed by atoms with van der Waals surface area (Å²) in [6.07, 6.45) is 2.26. The van der Waals surface area contributed by atoms with Crippen LogP contribution in [0, 0.1) is 5.82 Å². The van der Waals surface area contributed by atoms with Gasteiger partial charge in [-0.05, 0) is 50.9 Å². The fourth-order valence-corrected chi connectivity index (χ4v) is 3.22. The average molecular weight is 343 g/mol. The summed E-state index contributed by atoms with van der Waals surface area (Å²) in [5.74, 6) is -0.190. The molecule has 112 valence electrons. The van der Waals surface area contributed by atoms with Crippen LogP contribution in [-0.2, 0) is 6.54 Å². The minimum atomic E-state index is -0.190. The second-order valence-electron chi connectivity index (χ2n) is 6.12. The summed E-state index contributed by atoms with van der Waals surface area (Å²) in [4.78, 5) is 2.50.